The van der Waals surface area contributed by atoms with E-state index in [0.717, 1.165) is 12.8 Å². The third kappa shape index (κ3) is 7.62. The molecule has 0 saturated carbocycles. The summed E-state index contributed by atoms with van der Waals surface area (Å²) >= 11 is 0. The second-order valence-electron chi connectivity index (χ2n) is 7.12. The standard InChI is InChI=1S/C19H37NO2/c1-4-5-6-7-8-9-10-11-12-13-14-15-16-19(17-22-19)18(21)20(2)3/h4-17H2,1-3H3/t19-/m1/s1. The van der Waals surface area contributed by atoms with E-state index in [0.29, 0.717) is 6.61 Å². The second-order valence-corrected chi connectivity index (χ2v) is 7.12. The van der Waals surface area contributed by atoms with E-state index in [2.05, 4.69) is 6.92 Å². The highest BCUT2D eigenvalue weighted by Gasteiger charge is 2.52. The lowest BCUT2D eigenvalue weighted by Gasteiger charge is -2.16. The van der Waals surface area contributed by atoms with Gasteiger partial charge in [-0.2, -0.15) is 0 Å². The van der Waals surface area contributed by atoms with Crippen LogP contribution >= 0.6 is 0 Å². The van der Waals surface area contributed by atoms with Gasteiger partial charge in [0.05, 0.1) is 6.61 Å². The topological polar surface area (TPSA) is 32.8 Å². The van der Waals surface area contributed by atoms with Gasteiger partial charge in [-0.3, -0.25) is 4.79 Å². The van der Waals surface area contributed by atoms with Gasteiger partial charge in [-0.05, 0) is 12.8 Å². The summed E-state index contributed by atoms with van der Waals surface area (Å²) in [5, 5.41) is 0. The Morgan fingerprint density at radius 2 is 1.27 bits per heavy atom. The van der Waals surface area contributed by atoms with E-state index in [1.165, 1.54) is 70.6 Å². The van der Waals surface area contributed by atoms with Gasteiger partial charge < -0.3 is 9.64 Å². The van der Waals surface area contributed by atoms with Crippen LogP contribution in [0.15, 0.2) is 0 Å². The molecule has 0 aromatic rings. The Hall–Kier alpha value is -0.570. The van der Waals surface area contributed by atoms with Crippen molar-refractivity contribution in [2.45, 2.75) is 96.0 Å². The summed E-state index contributed by atoms with van der Waals surface area (Å²) in [5.74, 6) is 0.149. The molecule has 1 amide bonds. The number of hydrogen-bond donors (Lipinski definition) is 0. The van der Waals surface area contributed by atoms with Crippen LogP contribution in [0.1, 0.15) is 90.4 Å². The summed E-state index contributed by atoms with van der Waals surface area (Å²) in [4.78, 5) is 13.6. The Kier molecular flexibility index (Phi) is 9.77. The fraction of sp³-hybridized carbons (Fsp3) is 0.947. The summed E-state index contributed by atoms with van der Waals surface area (Å²) in [6.45, 7) is 2.90. The van der Waals surface area contributed by atoms with Crippen molar-refractivity contribution < 1.29 is 9.53 Å². The van der Waals surface area contributed by atoms with E-state index >= 15 is 0 Å². The maximum absolute atomic E-state index is 12.0. The van der Waals surface area contributed by atoms with Crippen molar-refractivity contribution in [3.05, 3.63) is 0 Å². The first-order valence-electron chi connectivity index (χ1n) is 9.48. The van der Waals surface area contributed by atoms with E-state index in [4.69, 9.17) is 4.74 Å². The van der Waals surface area contributed by atoms with Gasteiger partial charge in [0.2, 0.25) is 0 Å². The quantitative estimate of drug-likeness (QED) is 0.336. The Balaban J connectivity index is 1.85. The predicted molar refractivity (Wildman–Crippen MR) is 93.1 cm³/mol. The molecule has 0 aromatic heterocycles. The molecule has 1 saturated heterocycles. The number of amides is 1. The SMILES string of the molecule is CCCCCCCCCCCCCC[C@]1(C(=O)N(C)C)CO1. The van der Waals surface area contributed by atoms with E-state index in [-0.39, 0.29) is 5.91 Å². The molecule has 1 aliphatic heterocycles. The minimum atomic E-state index is -0.442. The highest BCUT2D eigenvalue weighted by atomic mass is 16.6. The van der Waals surface area contributed by atoms with Crippen molar-refractivity contribution in [1.82, 2.24) is 4.90 Å². The summed E-state index contributed by atoms with van der Waals surface area (Å²) in [6.07, 6.45) is 17.1. The largest absolute Gasteiger partial charge is 0.359 e. The number of hydrogen-bond acceptors (Lipinski definition) is 2. The molecule has 1 aliphatic rings. The zero-order chi connectivity index (χ0) is 16.3. The van der Waals surface area contributed by atoms with E-state index < -0.39 is 5.60 Å². The summed E-state index contributed by atoms with van der Waals surface area (Å²) in [6, 6.07) is 0. The molecule has 0 aliphatic carbocycles. The van der Waals surface area contributed by atoms with Crippen LogP contribution in [0.5, 0.6) is 0 Å². The molecular formula is C19H37NO2. The van der Waals surface area contributed by atoms with Crippen molar-refractivity contribution in [2.24, 2.45) is 0 Å². The summed E-state index contributed by atoms with van der Waals surface area (Å²) < 4.78 is 5.43. The zero-order valence-electron chi connectivity index (χ0n) is 15.2. The zero-order valence-corrected chi connectivity index (χ0v) is 15.2. The van der Waals surface area contributed by atoms with Crippen molar-refractivity contribution in [1.29, 1.82) is 0 Å². The van der Waals surface area contributed by atoms with Crippen LogP contribution in [0.25, 0.3) is 0 Å². The number of nitrogens with zero attached hydrogens (tertiary/aromatic N) is 1. The van der Waals surface area contributed by atoms with Crippen LogP contribution in [0.4, 0.5) is 0 Å². The first-order valence-corrected chi connectivity index (χ1v) is 9.48. The third-order valence-electron chi connectivity index (χ3n) is 4.72. The molecule has 3 nitrogen and oxygen atoms in total. The van der Waals surface area contributed by atoms with Crippen LogP contribution in [0.3, 0.4) is 0 Å². The number of ether oxygens (including phenoxy) is 1. The third-order valence-corrected chi connectivity index (χ3v) is 4.72. The fourth-order valence-electron chi connectivity index (χ4n) is 3.12. The lowest BCUT2D eigenvalue weighted by molar-refractivity contribution is -0.134. The molecule has 1 rings (SSSR count). The fourth-order valence-corrected chi connectivity index (χ4v) is 3.12. The van der Waals surface area contributed by atoms with E-state index in [1.54, 1.807) is 4.90 Å². The Morgan fingerprint density at radius 3 is 1.64 bits per heavy atom. The number of unbranched alkanes of at least 4 members (excludes halogenated alkanes) is 11. The molecule has 0 aromatic carbocycles. The highest BCUT2D eigenvalue weighted by Crippen LogP contribution is 2.34. The van der Waals surface area contributed by atoms with Gasteiger partial charge in [-0.15, -0.1) is 0 Å². The minimum absolute atomic E-state index is 0.149. The number of likely N-dealkylation sites (N-methyl/N-ethyl adjacent to an activating group) is 1. The lowest BCUT2D eigenvalue weighted by Crippen LogP contribution is -2.36. The van der Waals surface area contributed by atoms with Crippen LogP contribution in [0.2, 0.25) is 0 Å². The number of carbonyl (C=O) groups is 1. The van der Waals surface area contributed by atoms with Crippen LogP contribution in [0, 0.1) is 0 Å². The first-order chi connectivity index (χ1) is 10.6. The first kappa shape index (κ1) is 19.5. The maximum Gasteiger partial charge on any atom is 0.256 e. The van der Waals surface area contributed by atoms with E-state index in [9.17, 15) is 4.79 Å². The second kappa shape index (κ2) is 11.0. The average molecular weight is 312 g/mol. The molecule has 1 atom stereocenters. The van der Waals surface area contributed by atoms with Crippen molar-refractivity contribution >= 4 is 5.91 Å². The average Bonchev–Trinajstić information content (AvgIpc) is 3.28. The molecular weight excluding hydrogens is 274 g/mol. The van der Waals surface area contributed by atoms with Gasteiger partial charge in [-0.25, -0.2) is 0 Å². The highest BCUT2D eigenvalue weighted by molar-refractivity contribution is 5.87. The van der Waals surface area contributed by atoms with Crippen LogP contribution in [-0.4, -0.2) is 37.1 Å². The van der Waals surface area contributed by atoms with Crippen molar-refractivity contribution in [3.63, 3.8) is 0 Å². The number of epoxide rings is 1. The molecule has 0 unspecified atom stereocenters. The molecule has 0 spiro atoms. The Bertz CT molecular complexity index is 298. The minimum Gasteiger partial charge on any atom is -0.359 e. The van der Waals surface area contributed by atoms with Crippen LogP contribution < -0.4 is 0 Å². The monoisotopic (exact) mass is 311 g/mol. The van der Waals surface area contributed by atoms with Gasteiger partial charge in [0.15, 0.2) is 5.60 Å². The molecule has 130 valence electrons. The van der Waals surface area contributed by atoms with Crippen LogP contribution in [-0.2, 0) is 9.53 Å². The summed E-state index contributed by atoms with van der Waals surface area (Å²) in [5.41, 5.74) is -0.442. The summed E-state index contributed by atoms with van der Waals surface area (Å²) in [7, 11) is 3.63. The molecule has 3 heteroatoms. The van der Waals surface area contributed by atoms with Crippen molar-refractivity contribution in [3.8, 4) is 0 Å². The Labute approximate surface area is 137 Å². The van der Waals surface area contributed by atoms with Crippen molar-refractivity contribution in [2.75, 3.05) is 20.7 Å². The normalized spacial score (nSPS) is 20.1. The molecule has 1 fully saturated rings. The van der Waals surface area contributed by atoms with Gasteiger partial charge in [0.1, 0.15) is 0 Å². The van der Waals surface area contributed by atoms with E-state index in [1.807, 2.05) is 14.1 Å². The molecule has 22 heavy (non-hydrogen) atoms. The van der Waals surface area contributed by atoms with Gasteiger partial charge in [-0.1, -0.05) is 77.6 Å². The number of rotatable bonds is 14. The molecule has 1 heterocycles. The number of carbonyl (C=O) groups excluding carboxylic acids is 1. The molecule has 0 radical (unpaired) electrons. The Morgan fingerprint density at radius 1 is 0.864 bits per heavy atom. The predicted octanol–water partition coefficient (Wildman–Crippen LogP) is 4.93. The smallest absolute Gasteiger partial charge is 0.256 e. The van der Waals surface area contributed by atoms with Gasteiger partial charge in [0.25, 0.3) is 5.91 Å². The molecule has 0 N–H and O–H groups in total. The van der Waals surface area contributed by atoms with Gasteiger partial charge in [0, 0.05) is 14.1 Å². The maximum atomic E-state index is 12.0. The molecule has 0 bridgehead atoms. The lowest BCUT2D eigenvalue weighted by atomic mass is 9.99. The van der Waals surface area contributed by atoms with Gasteiger partial charge >= 0.3 is 0 Å².